The van der Waals surface area contributed by atoms with Crippen LogP contribution in [0.2, 0.25) is 5.02 Å². The van der Waals surface area contributed by atoms with Crippen LogP contribution in [0.4, 0.5) is 4.79 Å². The second-order valence-electron chi connectivity index (χ2n) is 4.45. The molecule has 2 aromatic heterocycles. The maximum Gasteiger partial charge on any atom is 0.407 e. The first-order chi connectivity index (χ1) is 9.65. The predicted molar refractivity (Wildman–Crippen MR) is 74.5 cm³/mol. The third-order valence-electron chi connectivity index (χ3n) is 3.23. The summed E-state index contributed by atoms with van der Waals surface area (Å²) in [6, 6.07) is 1.74. The molecule has 0 fully saturated rings. The first kappa shape index (κ1) is 12.8. The van der Waals surface area contributed by atoms with Crippen molar-refractivity contribution in [2.45, 2.75) is 6.42 Å². The molecular formula is C13H11ClN4O2. The molecule has 0 aromatic carbocycles. The van der Waals surface area contributed by atoms with E-state index in [4.69, 9.17) is 16.7 Å². The first-order valence-electron chi connectivity index (χ1n) is 6.08. The number of hydrogen-bond acceptors (Lipinski definition) is 4. The van der Waals surface area contributed by atoms with Gasteiger partial charge in [-0.25, -0.2) is 14.8 Å². The van der Waals surface area contributed by atoms with Crippen LogP contribution in [0.5, 0.6) is 0 Å². The Morgan fingerprint density at radius 1 is 1.35 bits per heavy atom. The molecule has 0 unspecified atom stereocenters. The summed E-state index contributed by atoms with van der Waals surface area (Å²) in [6.45, 7) is 0.823. The maximum absolute atomic E-state index is 10.9. The van der Waals surface area contributed by atoms with Crippen molar-refractivity contribution in [3.63, 3.8) is 0 Å². The van der Waals surface area contributed by atoms with Gasteiger partial charge in [-0.05, 0) is 18.1 Å². The van der Waals surface area contributed by atoms with Crippen molar-refractivity contribution in [3.05, 3.63) is 35.4 Å². The maximum atomic E-state index is 10.9. The van der Waals surface area contributed by atoms with E-state index in [1.54, 1.807) is 12.3 Å². The second-order valence-corrected chi connectivity index (χ2v) is 4.89. The van der Waals surface area contributed by atoms with Crippen LogP contribution >= 0.6 is 11.6 Å². The quantitative estimate of drug-likeness (QED) is 0.872. The predicted octanol–water partition coefficient (Wildman–Crippen LogP) is 2.45. The summed E-state index contributed by atoms with van der Waals surface area (Å²) in [5, 5.41) is 9.47. The van der Waals surface area contributed by atoms with Gasteiger partial charge >= 0.3 is 6.09 Å². The zero-order chi connectivity index (χ0) is 14.1. The fourth-order valence-corrected chi connectivity index (χ4v) is 2.36. The molecule has 0 radical (unpaired) electrons. The van der Waals surface area contributed by atoms with E-state index in [0.717, 1.165) is 11.3 Å². The van der Waals surface area contributed by atoms with Crippen LogP contribution in [-0.2, 0) is 0 Å². The number of aromatic nitrogens is 3. The van der Waals surface area contributed by atoms with Gasteiger partial charge in [0, 0.05) is 19.3 Å². The van der Waals surface area contributed by atoms with Gasteiger partial charge in [-0.2, -0.15) is 0 Å². The van der Waals surface area contributed by atoms with E-state index in [9.17, 15) is 4.79 Å². The van der Waals surface area contributed by atoms with Crippen molar-refractivity contribution < 1.29 is 9.90 Å². The lowest BCUT2D eigenvalue weighted by Gasteiger charge is -2.23. The SMILES string of the molecule is O=C(O)N1CC=C(c2ncnc3cc(Cl)cnc23)CC1. The number of amides is 1. The van der Waals surface area contributed by atoms with Crippen LogP contribution in [0.25, 0.3) is 16.6 Å². The lowest BCUT2D eigenvalue weighted by molar-refractivity contribution is 0.150. The lowest BCUT2D eigenvalue weighted by atomic mass is 10.0. The molecule has 1 aliphatic rings. The Morgan fingerprint density at radius 3 is 2.90 bits per heavy atom. The van der Waals surface area contributed by atoms with Gasteiger partial charge in [0.15, 0.2) is 0 Å². The third kappa shape index (κ3) is 2.30. The van der Waals surface area contributed by atoms with Gasteiger partial charge < -0.3 is 10.0 Å². The van der Waals surface area contributed by atoms with Gasteiger partial charge in [0.1, 0.15) is 11.8 Å². The average molecular weight is 291 g/mol. The Hall–Kier alpha value is -2.21. The van der Waals surface area contributed by atoms with Crippen LogP contribution in [0, 0.1) is 0 Å². The minimum absolute atomic E-state index is 0.365. The number of fused-ring (bicyclic) bond motifs is 1. The molecule has 1 amide bonds. The largest absolute Gasteiger partial charge is 0.465 e. The Kier molecular flexibility index (Phi) is 3.23. The van der Waals surface area contributed by atoms with Crippen LogP contribution in [0.1, 0.15) is 12.1 Å². The number of nitrogens with zero attached hydrogens (tertiary/aromatic N) is 4. The molecule has 0 aliphatic carbocycles. The summed E-state index contributed by atoms with van der Waals surface area (Å²) in [7, 11) is 0. The van der Waals surface area contributed by atoms with E-state index in [0.29, 0.717) is 35.6 Å². The number of carboxylic acid groups (broad SMARTS) is 1. The Balaban J connectivity index is 2.01. The topological polar surface area (TPSA) is 79.2 Å². The highest BCUT2D eigenvalue weighted by Crippen LogP contribution is 2.26. The number of rotatable bonds is 1. The third-order valence-corrected chi connectivity index (χ3v) is 3.43. The number of pyridine rings is 1. The number of hydrogen-bond donors (Lipinski definition) is 1. The van der Waals surface area contributed by atoms with Gasteiger partial charge in [-0.15, -0.1) is 0 Å². The van der Waals surface area contributed by atoms with E-state index in [1.807, 2.05) is 6.08 Å². The van der Waals surface area contributed by atoms with Crippen LogP contribution in [-0.4, -0.2) is 44.1 Å². The molecule has 0 bridgehead atoms. The summed E-state index contributed by atoms with van der Waals surface area (Å²) in [5.74, 6) is 0. The van der Waals surface area contributed by atoms with Crippen molar-refractivity contribution >= 4 is 34.3 Å². The van der Waals surface area contributed by atoms with Crippen LogP contribution < -0.4 is 0 Å². The molecule has 7 heteroatoms. The van der Waals surface area contributed by atoms with Crippen LogP contribution in [0.15, 0.2) is 24.7 Å². The standard InChI is InChI=1S/C13H11ClN4O2/c14-9-5-10-12(15-6-9)11(17-7-16-10)8-1-3-18(4-2-8)13(19)20/h1,5-7H,2-4H2,(H,19,20). The van der Waals surface area contributed by atoms with Crippen molar-refractivity contribution in [2.24, 2.45) is 0 Å². The van der Waals surface area contributed by atoms with E-state index in [2.05, 4.69) is 15.0 Å². The summed E-state index contributed by atoms with van der Waals surface area (Å²) >= 11 is 5.90. The molecule has 1 aliphatic heterocycles. The normalized spacial score (nSPS) is 15.2. The highest BCUT2D eigenvalue weighted by atomic mass is 35.5. The van der Waals surface area contributed by atoms with E-state index in [-0.39, 0.29) is 0 Å². The van der Waals surface area contributed by atoms with Gasteiger partial charge in [-0.3, -0.25) is 4.98 Å². The monoisotopic (exact) mass is 290 g/mol. The smallest absolute Gasteiger partial charge is 0.407 e. The summed E-state index contributed by atoms with van der Waals surface area (Å²) in [5.41, 5.74) is 3.11. The van der Waals surface area contributed by atoms with Gasteiger partial charge in [0.05, 0.1) is 16.2 Å². The molecule has 3 rings (SSSR count). The van der Waals surface area contributed by atoms with Crippen molar-refractivity contribution in [1.29, 1.82) is 0 Å². The number of carbonyl (C=O) groups is 1. The minimum Gasteiger partial charge on any atom is -0.465 e. The van der Waals surface area contributed by atoms with E-state index >= 15 is 0 Å². The van der Waals surface area contributed by atoms with Gasteiger partial charge in [0.25, 0.3) is 0 Å². The lowest BCUT2D eigenvalue weighted by Crippen LogP contribution is -2.33. The highest BCUT2D eigenvalue weighted by Gasteiger charge is 2.19. The molecule has 0 saturated carbocycles. The summed E-state index contributed by atoms with van der Waals surface area (Å²) < 4.78 is 0. The first-order valence-corrected chi connectivity index (χ1v) is 6.46. The second kappa shape index (κ2) is 5.05. The van der Waals surface area contributed by atoms with Crippen molar-refractivity contribution in [3.8, 4) is 0 Å². The Labute approximate surface area is 119 Å². The van der Waals surface area contributed by atoms with Gasteiger partial charge in [0.2, 0.25) is 0 Å². The van der Waals surface area contributed by atoms with Crippen LogP contribution in [0.3, 0.4) is 0 Å². The van der Waals surface area contributed by atoms with Gasteiger partial charge in [-0.1, -0.05) is 17.7 Å². The Bertz CT molecular complexity index is 717. The zero-order valence-electron chi connectivity index (χ0n) is 10.5. The van der Waals surface area contributed by atoms with Crippen molar-refractivity contribution in [1.82, 2.24) is 19.9 Å². The van der Waals surface area contributed by atoms with E-state index in [1.165, 1.54) is 11.2 Å². The summed E-state index contributed by atoms with van der Waals surface area (Å²) in [6.07, 6.45) is 4.61. The Morgan fingerprint density at radius 2 is 2.20 bits per heavy atom. The van der Waals surface area contributed by atoms with Crippen molar-refractivity contribution in [2.75, 3.05) is 13.1 Å². The fraction of sp³-hybridized carbons (Fsp3) is 0.231. The highest BCUT2D eigenvalue weighted by molar-refractivity contribution is 6.31. The molecule has 102 valence electrons. The zero-order valence-corrected chi connectivity index (χ0v) is 11.2. The molecule has 6 nitrogen and oxygen atoms in total. The molecule has 2 aromatic rings. The average Bonchev–Trinajstić information content (AvgIpc) is 2.46. The molecule has 3 heterocycles. The molecule has 0 saturated heterocycles. The van der Waals surface area contributed by atoms with E-state index < -0.39 is 6.09 Å². The minimum atomic E-state index is -0.905. The molecule has 0 atom stereocenters. The summed E-state index contributed by atoms with van der Waals surface area (Å²) in [4.78, 5) is 25.0. The molecular weight excluding hydrogens is 280 g/mol. The molecule has 1 N–H and O–H groups in total. The molecule has 20 heavy (non-hydrogen) atoms. The molecule has 0 spiro atoms. The fourth-order valence-electron chi connectivity index (χ4n) is 2.21. The number of halogens is 1.